The van der Waals surface area contributed by atoms with E-state index in [1.165, 1.54) is 15.5 Å². The average molecular weight is 347 g/mol. The van der Waals surface area contributed by atoms with Gasteiger partial charge in [0.15, 0.2) is 0 Å². The molecule has 0 spiro atoms. The van der Waals surface area contributed by atoms with Gasteiger partial charge in [0.25, 0.3) is 11.5 Å². The molecule has 1 fully saturated rings. The van der Waals surface area contributed by atoms with Crippen molar-refractivity contribution >= 4 is 29.3 Å². The molecule has 1 saturated heterocycles. The second-order valence-electron chi connectivity index (χ2n) is 5.25. The Morgan fingerprint density at radius 2 is 2.25 bits per heavy atom. The van der Waals surface area contributed by atoms with Crippen LogP contribution in [0.1, 0.15) is 17.3 Å². The lowest BCUT2D eigenvalue weighted by atomic mass is 10.2. The van der Waals surface area contributed by atoms with Gasteiger partial charge in [-0.15, -0.1) is 0 Å². The van der Waals surface area contributed by atoms with Crippen LogP contribution in [-0.2, 0) is 9.53 Å². The summed E-state index contributed by atoms with van der Waals surface area (Å²) in [7, 11) is 0. The number of amides is 1. The summed E-state index contributed by atoms with van der Waals surface area (Å²) in [6, 6.07) is 4.48. The van der Waals surface area contributed by atoms with Crippen molar-refractivity contribution in [3.63, 3.8) is 0 Å². The molecule has 126 valence electrons. The molecule has 24 heavy (non-hydrogen) atoms. The van der Waals surface area contributed by atoms with Gasteiger partial charge in [-0.25, -0.2) is 9.78 Å². The van der Waals surface area contributed by atoms with Gasteiger partial charge in [0.1, 0.15) is 17.3 Å². The highest BCUT2D eigenvalue weighted by Crippen LogP contribution is 2.19. The number of carbonyl (C=O) groups excluding carboxylic acids is 2. The molecule has 0 N–H and O–H groups in total. The standard InChI is InChI=1S/C16H17N3O4S/c1-2-23-16(22)12-10-24-8-7-18(12)14(20)11-9-17-13-5-3-4-6-19(13)15(11)21/h3-6,9,12H,2,7-8,10H2,1H3/t12-/m1/s1. The Labute approximate surface area is 142 Å². The number of hydrogen-bond donors (Lipinski definition) is 0. The molecule has 0 bridgehead atoms. The molecule has 0 radical (unpaired) electrons. The number of carbonyl (C=O) groups is 2. The van der Waals surface area contributed by atoms with E-state index in [0.29, 0.717) is 23.7 Å². The highest BCUT2D eigenvalue weighted by Gasteiger charge is 2.35. The third-order valence-electron chi connectivity index (χ3n) is 3.79. The van der Waals surface area contributed by atoms with Gasteiger partial charge < -0.3 is 9.64 Å². The summed E-state index contributed by atoms with van der Waals surface area (Å²) >= 11 is 1.59. The van der Waals surface area contributed by atoms with Crippen LogP contribution in [0.25, 0.3) is 5.65 Å². The fraction of sp³-hybridized carbons (Fsp3) is 0.375. The van der Waals surface area contributed by atoms with Crippen LogP contribution < -0.4 is 5.56 Å². The highest BCUT2D eigenvalue weighted by molar-refractivity contribution is 7.99. The monoisotopic (exact) mass is 347 g/mol. The Morgan fingerprint density at radius 3 is 3.04 bits per heavy atom. The lowest BCUT2D eigenvalue weighted by molar-refractivity contribution is -0.147. The van der Waals surface area contributed by atoms with Crippen LogP contribution in [0, 0.1) is 0 Å². The van der Waals surface area contributed by atoms with Gasteiger partial charge in [-0.2, -0.15) is 11.8 Å². The maximum Gasteiger partial charge on any atom is 0.329 e. The van der Waals surface area contributed by atoms with E-state index in [1.807, 2.05) is 0 Å². The Bertz CT molecular complexity index is 835. The van der Waals surface area contributed by atoms with Crippen LogP contribution in [0.3, 0.4) is 0 Å². The largest absolute Gasteiger partial charge is 0.464 e. The lowest BCUT2D eigenvalue weighted by Crippen LogP contribution is -2.52. The SMILES string of the molecule is CCOC(=O)[C@H]1CSCCN1C(=O)c1cnc2ccccn2c1=O. The van der Waals surface area contributed by atoms with Gasteiger partial charge >= 0.3 is 5.97 Å². The van der Waals surface area contributed by atoms with Gasteiger partial charge in [0.05, 0.1) is 6.61 Å². The van der Waals surface area contributed by atoms with Crippen molar-refractivity contribution in [2.75, 3.05) is 24.7 Å². The molecular weight excluding hydrogens is 330 g/mol. The molecule has 7 nitrogen and oxygen atoms in total. The topological polar surface area (TPSA) is 81.0 Å². The molecule has 0 saturated carbocycles. The smallest absolute Gasteiger partial charge is 0.329 e. The van der Waals surface area contributed by atoms with E-state index in [-0.39, 0.29) is 12.2 Å². The first-order valence-corrected chi connectivity index (χ1v) is 8.80. The van der Waals surface area contributed by atoms with Crippen LogP contribution in [0.15, 0.2) is 35.4 Å². The molecule has 1 aliphatic heterocycles. The number of aromatic nitrogens is 2. The quantitative estimate of drug-likeness (QED) is 0.765. The summed E-state index contributed by atoms with van der Waals surface area (Å²) in [4.78, 5) is 43.1. The lowest BCUT2D eigenvalue weighted by Gasteiger charge is -2.33. The number of hydrogen-bond acceptors (Lipinski definition) is 6. The molecule has 1 atom stereocenters. The van der Waals surface area contributed by atoms with Crippen molar-refractivity contribution < 1.29 is 14.3 Å². The molecule has 8 heteroatoms. The van der Waals surface area contributed by atoms with Crippen LogP contribution in [0.5, 0.6) is 0 Å². The fourth-order valence-electron chi connectivity index (χ4n) is 2.61. The van der Waals surface area contributed by atoms with E-state index in [4.69, 9.17) is 4.74 Å². The van der Waals surface area contributed by atoms with Crippen molar-refractivity contribution in [3.05, 3.63) is 46.5 Å². The van der Waals surface area contributed by atoms with E-state index in [2.05, 4.69) is 4.98 Å². The molecule has 1 amide bonds. The molecule has 3 heterocycles. The molecular formula is C16H17N3O4S. The molecule has 0 unspecified atom stereocenters. The minimum absolute atomic E-state index is 0.0418. The van der Waals surface area contributed by atoms with Gasteiger partial charge in [0.2, 0.25) is 0 Å². The Hall–Kier alpha value is -2.35. The zero-order valence-electron chi connectivity index (χ0n) is 13.2. The zero-order chi connectivity index (χ0) is 17.1. The van der Waals surface area contributed by atoms with E-state index >= 15 is 0 Å². The average Bonchev–Trinajstić information content (AvgIpc) is 2.62. The molecule has 2 aromatic heterocycles. The Morgan fingerprint density at radius 1 is 1.42 bits per heavy atom. The van der Waals surface area contributed by atoms with Crippen molar-refractivity contribution in [2.24, 2.45) is 0 Å². The summed E-state index contributed by atoms with van der Waals surface area (Å²) < 4.78 is 6.38. The molecule has 2 aromatic rings. The van der Waals surface area contributed by atoms with Crippen molar-refractivity contribution in [1.29, 1.82) is 0 Å². The Balaban J connectivity index is 1.96. The first-order chi connectivity index (χ1) is 11.6. The summed E-state index contributed by atoms with van der Waals surface area (Å²) in [6.07, 6.45) is 2.85. The predicted molar refractivity (Wildman–Crippen MR) is 90.2 cm³/mol. The molecule has 0 aromatic carbocycles. The van der Waals surface area contributed by atoms with Gasteiger partial charge in [-0.1, -0.05) is 6.07 Å². The fourth-order valence-corrected chi connectivity index (χ4v) is 3.64. The maximum atomic E-state index is 12.8. The number of nitrogens with zero attached hydrogens (tertiary/aromatic N) is 3. The number of thioether (sulfide) groups is 1. The van der Waals surface area contributed by atoms with Crippen LogP contribution in [0.2, 0.25) is 0 Å². The van der Waals surface area contributed by atoms with Crippen LogP contribution in [-0.4, -0.2) is 56.9 Å². The van der Waals surface area contributed by atoms with Crippen molar-refractivity contribution in [2.45, 2.75) is 13.0 Å². The number of esters is 1. The van der Waals surface area contributed by atoms with Crippen LogP contribution >= 0.6 is 11.8 Å². The normalized spacial score (nSPS) is 17.7. The summed E-state index contributed by atoms with van der Waals surface area (Å²) in [6.45, 7) is 2.37. The number of rotatable bonds is 3. The second kappa shape index (κ2) is 7.04. The van der Waals surface area contributed by atoms with E-state index in [1.54, 1.807) is 43.1 Å². The van der Waals surface area contributed by atoms with Crippen molar-refractivity contribution in [1.82, 2.24) is 14.3 Å². The summed E-state index contributed by atoms with van der Waals surface area (Å²) in [5.41, 5.74) is -0.0125. The maximum absolute atomic E-state index is 12.8. The highest BCUT2D eigenvalue weighted by atomic mass is 32.2. The van der Waals surface area contributed by atoms with Gasteiger partial charge in [-0.05, 0) is 19.1 Å². The van der Waals surface area contributed by atoms with Gasteiger partial charge in [0, 0.05) is 30.4 Å². The number of fused-ring (bicyclic) bond motifs is 1. The van der Waals surface area contributed by atoms with E-state index in [9.17, 15) is 14.4 Å². The predicted octanol–water partition coefficient (Wildman–Crippen LogP) is 0.815. The Kier molecular flexibility index (Phi) is 4.84. The van der Waals surface area contributed by atoms with E-state index in [0.717, 1.165) is 0 Å². The molecule has 3 rings (SSSR count). The summed E-state index contributed by atoms with van der Waals surface area (Å²) in [5, 5.41) is 0. The van der Waals surface area contributed by atoms with Crippen molar-refractivity contribution in [3.8, 4) is 0 Å². The minimum atomic E-state index is -0.674. The van der Waals surface area contributed by atoms with Gasteiger partial charge in [-0.3, -0.25) is 14.0 Å². The second-order valence-corrected chi connectivity index (χ2v) is 6.40. The summed E-state index contributed by atoms with van der Waals surface area (Å²) in [5.74, 6) is 0.257. The first kappa shape index (κ1) is 16.5. The number of pyridine rings is 1. The number of ether oxygens (including phenoxy) is 1. The third kappa shape index (κ3) is 3.01. The first-order valence-electron chi connectivity index (χ1n) is 7.65. The zero-order valence-corrected chi connectivity index (χ0v) is 14.0. The molecule has 0 aliphatic carbocycles. The minimum Gasteiger partial charge on any atom is -0.464 e. The van der Waals surface area contributed by atoms with E-state index < -0.39 is 23.5 Å². The molecule has 1 aliphatic rings. The third-order valence-corrected chi connectivity index (χ3v) is 4.81. The van der Waals surface area contributed by atoms with Crippen LogP contribution in [0.4, 0.5) is 0 Å².